The van der Waals surface area contributed by atoms with Crippen molar-refractivity contribution in [2.24, 2.45) is 0 Å². The van der Waals surface area contributed by atoms with Gasteiger partial charge in [0, 0.05) is 5.56 Å². The molecule has 0 unspecified atom stereocenters. The van der Waals surface area contributed by atoms with Crippen LogP contribution in [0.2, 0.25) is 0 Å². The van der Waals surface area contributed by atoms with E-state index in [1.54, 1.807) is 13.0 Å². The van der Waals surface area contributed by atoms with Crippen molar-refractivity contribution in [2.75, 3.05) is 12.4 Å². The van der Waals surface area contributed by atoms with Crippen LogP contribution >= 0.6 is 11.8 Å². The number of nitrogens with zero attached hydrogens (tertiary/aromatic N) is 2. The lowest BCUT2D eigenvalue weighted by Crippen LogP contribution is -2.07. The van der Waals surface area contributed by atoms with E-state index in [9.17, 15) is 4.79 Å². The monoisotopic (exact) mass is 298 g/mol. The molecule has 2 aromatic rings. The molecule has 2 rings (SSSR count). The van der Waals surface area contributed by atoms with Gasteiger partial charge in [-0.05, 0) is 19.1 Å². The summed E-state index contributed by atoms with van der Waals surface area (Å²) in [6, 6.07) is 15.3. The highest BCUT2D eigenvalue weighted by molar-refractivity contribution is 7.99. The molecule has 0 fully saturated rings. The predicted molar refractivity (Wildman–Crippen MR) is 81.7 cm³/mol. The summed E-state index contributed by atoms with van der Waals surface area (Å²) in [5.74, 6) is -0.161. The lowest BCUT2D eigenvalue weighted by atomic mass is 10.1. The Balaban J connectivity index is 2.23. The van der Waals surface area contributed by atoms with Crippen LogP contribution in [0.3, 0.4) is 0 Å². The van der Waals surface area contributed by atoms with Crippen LogP contribution in [0, 0.1) is 11.3 Å². The Bertz CT molecular complexity index is 666. The van der Waals surface area contributed by atoms with Crippen LogP contribution < -0.4 is 0 Å². The molecule has 5 heteroatoms. The topological polar surface area (TPSA) is 63.0 Å². The molecule has 0 aliphatic carbocycles. The highest BCUT2D eigenvalue weighted by Crippen LogP contribution is 2.25. The minimum absolute atomic E-state index is 0.147. The van der Waals surface area contributed by atoms with Gasteiger partial charge in [-0.3, -0.25) is 4.79 Å². The van der Waals surface area contributed by atoms with Crippen LogP contribution in [0.5, 0.6) is 0 Å². The van der Waals surface area contributed by atoms with Gasteiger partial charge < -0.3 is 4.74 Å². The minimum atomic E-state index is -0.307. The van der Waals surface area contributed by atoms with Crippen molar-refractivity contribution in [3.8, 4) is 17.3 Å². The molecule has 21 heavy (non-hydrogen) atoms. The fourth-order valence-corrected chi connectivity index (χ4v) is 2.51. The minimum Gasteiger partial charge on any atom is -0.465 e. The van der Waals surface area contributed by atoms with Gasteiger partial charge in [-0.15, -0.1) is 0 Å². The maximum Gasteiger partial charge on any atom is 0.316 e. The second kappa shape index (κ2) is 7.46. The third kappa shape index (κ3) is 4.07. The van der Waals surface area contributed by atoms with Crippen LogP contribution in [-0.2, 0) is 9.53 Å². The van der Waals surface area contributed by atoms with Crippen LogP contribution in [0.15, 0.2) is 47.5 Å². The molecule has 1 aromatic carbocycles. The first-order valence-electron chi connectivity index (χ1n) is 6.49. The Labute approximate surface area is 127 Å². The highest BCUT2D eigenvalue weighted by Gasteiger charge is 2.10. The van der Waals surface area contributed by atoms with Gasteiger partial charge in [-0.25, -0.2) is 4.98 Å². The Kier molecular flexibility index (Phi) is 5.35. The number of benzene rings is 1. The molecular weight excluding hydrogens is 284 g/mol. The van der Waals surface area contributed by atoms with Crippen molar-refractivity contribution in [2.45, 2.75) is 11.9 Å². The SMILES string of the molecule is CCOC(=O)CSc1nc(-c2ccccc2)ccc1C#N. The normalized spacial score (nSPS) is 9.90. The van der Waals surface area contributed by atoms with E-state index >= 15 is 0 Å². The lowest BCUT2D eigenvalue weighted by molar-refractivity contribution is -0.139. The maximum absolute atomic E-state index is 11.4. The molecule has 0 amide bonds. The standard InChI is InChI=1S/C16H14N2O2S/c1-2-20-15(19)11-21-16-13(10-17)8-9-14(18-16)12-6-4-3-5-7-12/h3-9H,2,11H2,1H3. The number of pyridine rings is 1. The number of aromatic nitrogens is 1. The fourth-order valence-electron chi connectivity index (χ4n) is 1.74. The average Bonchev–Trinajstić information content (AvgIpc) is 2.54. The average molecular weight is 298 g/mol. The summed E-state index contributed by atoms with van der Waals surface area (Å²) in [5.41, 5.74) is 2.21. The summed E-state index contributed by atoms with van der Waals surface area (Å²) in [5, 5.41) is 9.68. The van der Waals surface area contributed by atoms with Gasteiger partial charge in [-0.2, -0.15) is 5.26 Å². The molecule has 0 atom stereocenters. The number of carbonyl (C=O) groups is 1. The number of hydrogen-bond donors (Lipinski definition) is 0. The van der Waals surface area contributed by atoms with E-state index in [2.05, 4.69) is 11.1 Å². The third-order valence-corrected chi connectivity index (χ3v) is 3.65. The summed E-state index contributed by atoms with van der Waals surface area (Å²) in [6.07, 6.45) is 0. The molecule has 0 bridgehead atoms. The smallest absolute Gasteiger partial charge is 0.316 e. The van der Waals surface area contributed by atoms with Gasteiger partial charge in [0.25, 0.3) is 0 Å². The molecule has 0 radical (unpaired) electrons. The van der Waals surface area contributed by atoms with Crippen molar-refractivity contribution in [1.29, 1.82) is 5.26 Å². The molecule has 4 nitrogen and oxygen atoms in total. The van der Waals surface area contributed by atoms with E-state index in [-0.39, 0.29) is 11.7 Å². The number of hydrogen-bond acceptors (Lipinski definition) is 5. The number of ether oxygens (including phenoxy) is 1. The van der Waals surface area contributed by atoms with E-state index < -0.39 is 0 Å². The van der Waals surface area contributed by atoms with Gasteiger partial charge in [-0.1, -0.05) is 42.1 Å². The van der Waals surface area contributed by atoms with E-state index in [0.29, 0.717) is 17.2 Å². The summed E-state index contributed by atoms with van der Waals surface area (Å²) in [4.78, 5) is 15.9. The summed E-state index contributed by atoms with van der Waals surface area (Å²) >= 11 is 1.22. The van der Waals surface area contributed by atoms with Crippen LogP contribution in [-0.4, -0.2) is 23.3 Å². The zero-order valence-corrected chi connectivity index (χ0v) is 12.4. The maximum atomic E-state index is 11.4. The van der Waals surface area contributed by atoms with Gasteiger partial charge in [0.1, 0.15) is 11.1 Å². The summed E-state index contributed by atoms with van der Waals surface area (Å²) in [7, 11) is 0. The molecule has 0 saturated heterocycles. The number of rotatable bonds is 5. The van der Waals surface area contributed by atoms with Crippen molar-refractivity contribution in [3.63, 3.8) is 0 Å². The molecule has 106 valence electrons. The molecule has 0 saturated carbocycles. The fraction of sp³-hybridized carbons (Fsp3) is 0.188. The van der Waals surface area contributed by atoms with Gasteiger partial charge in [0.2, 0.25) is 0 Å². The quantitative estimate of drug-likeness (QED) is 0.626. The second-order valence-electron chi connectivity index (χ2n) is 4.12. The number of thioether (sulfide) groups is 1. The largest absolute Gasteiger partial charge is 0.465 e. The zero-order chi connectivity index (χ0) is 15.1. The van der Waals surface area contributed by atoms with Crippen LogP contribution in [0.4, 0.5) is 0 Å². The van der Waals surface area contributed by atoms with Crippen molar-refractivity contribution in [1.82, 2.24) is 4.98 Å². The third-order valence-electron chi connectivity index (χ3n) is 2.68. The first kappa shape index (κ1) is 15.1. The summed E-state index contributed by atoms with van der Waals surface area (Å²) < 4.78 is 4.88. The summed E-state index contributed by atoms with van der Waals surface area (Å²) in [6.45, 7) is 2.11. The van der Waals surface area contributed by atoms with Crippen LogP contribution in [0.1, 0.15) is 12.5 Å². The molecular formula is C16H14N2O2S. The molecule has 0 aliphatic heterocycles. The van der Waals surface area contributed by atoms with Gasteiger partial charge in [0.05, 0.1) is 23.6 Å². The van der Waals surface area contributed by atoms with Gasteiger partial charge >= 0.3 is 5.97 Å². The van der Waals surface area contributed by atoms with E-state index in [0.717, 1.165) is 11.3 Å². The lowest BCUT2D eigenvalue weighted by Gasteiger charge is -2.06. The van der Waals surface area contributed by atoms with E-state index in [1.807, 2.05) is 36.4 Å². The molecule has 0 spiro atoms. The van der Waals surface area contributed by atoms with Crippen molar-refractivity contribution in [3.05, 3.63) is 48.0 Å². The molecule has 1 heterocycles. The number of nitriles is 1. The first-order chi connectivity index (χ1) is 10.2. The van der Waals surface area contributed by atoms with E-state index in [1.165, 1.54) is 11.8 Å². The molecule has 0 aliphatic rings. The zero-order valence-electron chi connectivity index (χ0n) is 11.6. The highest BCUT2D eigenvalue weighted by atomic mass is 32.2. The number of esters is 1. The Morgan fingerprint density at radius 1 is 1.29 bits per heavy atom. The molecule has 0 N–H and O–H groups in total. The Morgan fingerprint density at radius 2 is 2.05 bits per heavy atom. The first-order valence-corrected chi connectivity index (χ1v) is 7.48. The Hall–Kier alpha value is -2.32. The Morgan fingerprint density at radius 3 is 2.71 bits per heavy atom. The van der Waals surface area contributed by atoms with Crippen molar-refractivity contribution >= 4 is 17.7 Å². The van der Waals surface area contributed by atoms with Gasteiger partial charge in [0.15, 0.2) is 0 Å². The molecule has 1 aromatic heterocycles. The second-order valence-corrected chi connectivity index (χ2v) is 5.08. The van der Waals surface area contributed by atoms with Crippen molar-refractivity contribution < 1.29 is 9.53 Å². The predicted octanol–water partition coefficient (Wildman–Crippen LogP) is 3.28. The van der Waals surface area contributed by atoms with E-state index in [4.69, 9.17) is 10.00 Å². The van der Waals surface area contributed by atoms with Crippen LogP contribution in [0.25, 0.3) is 11.3 Å². The number of carbonyl (C=O) groups excluding carboxylic acids is 1.